The minimum Gasteiger partial charge on any atom is -0.481 e. The molecule has 0 saturated carbocycles. The van der Waals surface area contributed by atoms with Crippen molar-refractivity contribution in [2.75, 3.05) is 11.9 Å². The van der Waals surface area contributed by atoms with Gasteiger partial charge in [-0.15, -0.1) is 0 Å². The third-order valence-electron chi connectivity index (χ3n) is 2.47. The molecule has 0 saturated heterocycles. The quantitative estimate of drug-likeness (QED) is 0.729. The highest BCUT2D eigenvalue weighted by molar-refractivity contribution is 9.11. The van der Waals surface area contributed by atoms with Crippen molar-refractivity contribution >= 4 is 55.1 Å². The predicted octanol–water partition coefficient (Wildman–Crippen LogP) is 5.02. The Balaban J connectivity index is 1.99. The number of nitrogens with one attached hydrogen (secondary N) is 1. The van der Waals surface area contributed by atoms with Gasteiger partial charge in [0, 0.05) is 0 Å². The molecule has 1 amide bonds. The van der Waals surface area contributed by atoms with Crippen molar-refractivity contribution < 1.29 is 13.9 Å². The number of ether oxygens (including phenoxy) is 1. The molecule has 0 aliphatic rings. The van der Waals surface area contributed by atoms with Crippen LogP contribution in [0.25, 0.3) is 0 Å². The summed E-state index contributed by atoms with van der Waals surface area (Å²) in [7, 11) is 0. The van der Waals surface area contributed by atoms with Crippen molar-refractivity contribution in [1.82, 2.24) is 0 Å². The van der Waals surface area contributed by atoms with Gasteiger partial charge >= 0.3 is 0 Å². The Morgan fingerprint density at radius 3 is 2.52 bits per heavy atom. The van der Waals surface area contributed by atoms with Crippen LogP contribution in [-0.2, 0) is 4.79 Å². The van der Waals surface area contributed by atoms with Crippen molar-refractivity contribution in [1.29, 1.82) is 0 Å². The minimum absolute atomic E-state index is 0.130. The van der Waals surface area contributed by atoms with Gasteiger partial charge in [0.2, 0.25) is 0 Å². The lowest BCUT2D eigenvalue weighted by Crippen LogP contribution is -2.20. The first-order chi connectivity index (χ1) is 9.97. The first-order valence-corrected chi connectivity index (χ1v) is 7.75. The molecule has 21 heavy (non-hydrogen) atoms. The zero-order valence-electron chi connectivity index (χ0n) is 10.5. The van der Waals surface area contributed by atoms with Crippen LogP contribution in [-0.4, -0.2) is 12.5 Å². The van der Waals surface area contributed by atoms with Crippen molar-refractivity contribution in [3.8, 4) is 5.75 Å². The second-order valence-corrected chi connectivity index (χ2v) is 6.13. The summed E-state index contributed by atoms with van der Waals surface area (Å²) in [4.78, 5) is 11.8. The summed E-state index contributed by atoms with van der Waals surface area (Å²) in [6.45, 7) is -0.199. The number of halogens is 4. The number of hydrogen-bond donors (Lipinski definition) is 1. The lowest BCUT2D eigenvalue weighted by Gasteiger charge is -2.11. The zero-order valence-corrected chi connectivity index (χ0v) is 14.4. The molecule has 0 aliphatic heterocycles. The van der Waals surface area contributed by atoms with Crippen LogP contribution in [0.3, 0.4) is 0 Å². The Kier molecular flexibility index (Phi) is 5.61. The average molecular weight is 437 g/mol. The van der Waals surface area contributed by atoms with Gasteiger partial charge in [-0.1, -0.05) is 17.7 Å². The van der Waals surface area contributed by atoms with Crippen molar-refractivity contribution in [2.45, 2.75) is 0 Å². The number of hydrogen-bond acceptors (Lipinski definition) is 2. The first-order valence-electron chi connectivity index (χ1n) is 5.79. The number of carbonyl (C=O) groups is 1. The molecule has 2 rings (SSSR count). The number of anilines is 1. The van der Waals surface area contributed by atoms with E-state index in [2.05, 4.69) is 37.2 Å². The fourth-order valence-electron chi connectivity index (χ4n) is 1.54. The van der Waals surface area contributed by atoms with Gasteiger partial charge < -0.3 is 10.1 Å². The van der Waals surface area contributed by atoms with Crippen LogP contribution in [0.5, 0.6) is 5.75 Å². The Morgan fingerprint density at radius 2 is 1.90 bits per heavy atom. The lowest BCUT2D eigenvalue weighted by molar-refractivity contribution is -0.118. The third kappa shape index (κ3) is 4.43. The van der Waals surface area contributed by atoms with Crippen LogP contribution in [0.15, 0.2) is 45.3 Å². The van der Waals surface area contributed by atoms with E-state index in [0.717, 1.165) is 15.0 Å². The van der Waals surface area contributed by atoms with Gasteiger partial charge in [0.15, 0.2) is 6.61 Å². The van der Waals surface area contributed by atoms with Crippen molar-refractivity contribution in [3.05, 3.63) is 56.2 Å². The fraction of sp³-hybridized carbons (Fsp3) is 0.0714. The fourth-order valence-corrected chi connectivity index (χ4v) is 2.98. The summed E-state index contributed by atoms with van der Waals surface area (Å²) in [6, 6.07) is 9.17. The molecular weight excluding hydrogens is 428 g/mol. The lowest BCUT2D eigenvalue weighted by atomic mass is 10.3. The molecule has 2 aromatic rings. The van der Waals surface area contributed by atoms with E-state index in [-0.39, 0.29) is 11.6 Å². The first kappa shape index (κ1) is 16.3. The SMILES string of the molecule is O=C(COc1c(Br)cccc1Br)Nc1ccc(F)cc1Cl. The van der Waals surface area contributed by atoms with Crippen LogP contribution >= 0.6 is 43.5 Å². The molecule has 0 heterocycles. The molecular formula is C14H9Br2ClFNO2. The van der Waals surface area contributed by atoms with E-state index in [4.69, 9.17) is 16.3 Å². The number of rotatable bonds is 4. The zero-order chi connectivity index (χ0) is 15.4. The van der Waals surface area contributed by atoms with Crippen molar-refractivity contribution in [2.24, 2.45) is 0 Å². The van der Waals surface area contributed by atoms with Crippen LogP contribution in [0, 0.1) is 5.82 Å². The van der Waals surface area contributed by atoms with Gasteiger partial charge in [-0.25, -0.2) is 4.39 Å². The highest BCUT2D eigenvalue weighted by atomic mass is 79.9. The van der Waals surface area contributed by atoms with Crippen LogP contribution in [0.2, 0.25) is 5.02 Å². The van der Waals surface area contributed by atoms with E-state index in [1.807, 2.05) is 6.07 Å². The molecule has 0 radical (unpaired) electrons. The Morgan fingerprint density at radius 1 is 1.24 bits per heavy atom. The second-order valence-electron chi connectivity index (χ2n) is 4.01. The highest BCUT2D eigenvalue weighted by Gasteiger charge is 2.10. The third-order valence-corrected chi connectivity index (χ3v) is 4.03. The summed E-state index contributed by atoms with van der Waals surface area (Å²) in [6.07, 6.45) is 0. The van der Waals surface area contributed by atoms with E-state index in [1.54, 1.807) is 12.1 Å². The van der Waals surface area contributed by atoms with Gasteiger partial charge in [-0.3, -0.25) is 4.79 Å². The van der Waals surface area contributed by atoms with Gasteiger partial charge in [-0.2, -0.15) is 0 Å². The predicted molar refractivity (Wildman–Crippen MR) is 87.4 cm³/mol. The van der Waals surface area contributed by atoms with Crippen LogP contribution < -0.4 is 10.1 Å². The maximum absolute atomic E-state index is 12.9. The molecule has 7 heteroatoms. The van der Waals surface area contributed by atoms with E-state index < -0.39 is 11.7 Å². The molecule has 0 unspecified atom stereocenters. The summed E-state index contributed by atoms with van der Waals surface area (Å²) >= 11 is 12.5. The minimum atomic E-state index is -0.466. The maximum Gasteiger partial charge on any atom is 0.262 e. The van der Waals surface area contributed by atoms with Gasteiger partial charge in [0.1, 0.15) is 11.6 Å². The van der Waals surface area contributed by atoms with Crippen LogP contribution in [0.1, 0.15) is 0 Å². The molecule has 0 bridgehead atoms. The molecule has 0 atom stereocenters. The Bertz CT molecular complexity index is 662. The topological polar surface area (TPSA) is 38.3 Å². The molecule has 110 valence electrons. The van der Waals surface area contributed by atoms with E-state index in [9.17, 15) is 9.18 Å². The van der Waals surface area contributed by atoms with E-state index in [0.29, 0.717) is 11.4 Å². The molecule has 2 aromatic carbocycles. The standard InChI is InChI=1S/C14H9Br2ClFNO2/c15-9-2-1-3-10(16)14(9)21-7-13(20)19-12-5-4-8(18)6-11(12)17/h1-6H,7H2,(H,19,20). The molecule has 1 N–H and O–H groups in total. The summed E-state index contributed by atoms with van der Waals surface area (Å²) in [5.41, 5.74) is 0.331. The highest BCUT2D eigenvalue weighted by Crippen LogP contribution is 2.33. The maximum atomic E-state index is 12.9. The smallest absolute Gasteiger partial charge is 0.262 e. The summed E-state index contributed by atoms with van der Waals surface area (Å²) in [5.74, 6) is -0.338. The number of para-hydroxylation sites is 1. The molecule has 0 aliphatic carbocycles. The van der Waals surface area contributed by atoms with Gasteiger partial charge in [-0.05, 0) is 62.2 Å². The van der Waals surface area contributed by atoms with Gasteiger partial charge in [0.25, 0.3) is 5.91 Å². The van der Waals surface area contributed by atoms with E-state index in [1.165, 1.54) is 12.1 Å². The Hall–Kier alpha value is -1.11. The van der Waals surface area contributed by atoms with E-state index >= 15 is 0 Å². The Labute approximate surface area is 142 Å². The number of amides is 1. The molecule has 3 nitrogen and oxygen atoms in total. The monoisotopic (exact) mass is 435 g/mol. The summed E-state index contributed by atoms with van der Waals surface area (Å²) in [5, 5.41) is 2.68. The number of carbonyl (C=O) groups excluding carboxylic acids is 1. The second kappa shape index (κ2) is 7.24. The normalized spacial score (nSPS) is 10.3. The number of benzene rings is 2. The molecule has 0 spiro atoms. The van der Waals surface area contributed by atoms with Gasteiger partial charge in [0.05, 0.1) is 19.7 Å². The molecule has 0 fully saturated rings. The largest absolute Gasteiger partial charge is 0.481 e. The van der Waals surface area contributed by atoms with Crippen LogP contribution in [0.4, 0.5) is 10.1 Å². The summed E-state index contributed by atoms with van der Waals surface area (Å²) < 4.78 is 19.8. The van der Waals surface area contributed by atoms with Crippen molar-refractivity contribution in [3.63, 3.8) is 0 Å². The molecule has 0 aromatic heterocycles. The average Bonchev–Trinajstić information content (AvgIpc) is 2.41.